The fraction of sp³-hybridized carbons (Fsp3) is 0.750. The molecule has 1 aromatic rings. The van der Waals surface area contributed by atoms with Crippen LogP contribution in [0.15, 0.2) is 6.07 Å². The summed E-state index contributed by atoms with van der Waals surface area (Å²) in [4.78, 5) is 14.2. The predicted octanol–water partition coefficient (Wildman–Crippen LogP) is 2.56. The number of aromatic nitrogens is 2. The Labute approximate surface area is 128 Å². The number of nitrogens with one attached hydrogen (secondary N) is 1. The Bertz CT molecular complexity index is 470. The third-order valence-corrected chi connectivity index (χ3v) is 4.05. The van der Waals surface area contributed by atoms with E-state index in [0.29, 0.717) is 5.92 Å². The van der Waals surface area contributed by atoms with E-state index in [-0.39, 0.29) is 5.54 Å². The van der Waals surface area contributed by atoms with Gasteiger partial charge in [0.25, 0.3) is 0 Å². The van der Waals surface area contributed by atoms with Gasteiger partial charge in [-0.15, -0.1) is 0 Å². The zero-order chi connectivity index (χ0) is 15.6. The van der Waals surface area contributed by atoms with Crippen LogP contribution in [0.3, 0.4) is 0 Å². The number of hydrogen-bond donors (Lipinski definition) is 1. The summed E-state index contributed by atoms with van der Waals surface area (Å²) in [6.07, 6.45) is 0. The molecule has 2 rings (SSSR count). The summed E-state index contributed by atoms with van der Waals surface area (Å²) in [5.74, 6) is 3.21. The molecule has 0 atom stereocenters. The molecule has 21 heavy (non-hydrogen) atoms. The zero-order valence-electron chi connectivity index (χ0n) is 14.3. The molecule has 2 heterocycles. The highest BCUT2D eigenvalue weighted by molar-refractivity contribution is 5.49. The zero-order valence-corrected chi connectivity index (χ0v) is 14.3. The van der Waals surface area contributed by atoms with Gasteiger partial charge in [-0.25, -0.2) is 9.97 Å². The maximum absolute atomic E-state index is 4.75. The molecule has 0 aromatic carbocycles. The van der Waals surface area contributed by atoms with E-state index >= 15 is 0 Å². The molecular formula is C16H29N5. The van der Waals surface area contributed by atoms with Gasteiger partial charge < -0.3 is 10.2 Å². The molecule has 0 unspecified atom stereocenters. The normalized spacial score (nSPS) is 17.4. The van der Waals surface area contributed by atoms with Crippen LogP contribution in [0.4, 0.5) is 11.6 Å². The van der Waals surface area contributed by atoms with Gasteiger partial charge in [0.15, 0.2) is 0 Å². The lowest BCUT2D eigenvalue weighted by Crippen LogP contribution is -2.53. The van der Waals surface area contributed by atoms with Crippen LogP contribution in [0, 0.1) is 0 Å². The SMILES string of the molecule is CNc1cc(N2CCN(C(C)(C)C)CC2)nc(C(C)C)n1. The fourth-order valence-corrected chi connectivity index (χ4v) is 2.61. The monoisotopic (exact) mass is 291 g/mol. The summed E-state index contributed by atoms with van der Waals surface area (Å²) >= 11 is 0. The van der Waals surface area contributed by atoms with E-state index in [0.717, 1.165) is 43.6 Å². The summed E-state index contributed by atoms with van der Waals surface area (Å²) in [5.41, 5.74) is 0.247. The quantitative estimate of drug-likeness (QED) is 0.927. The van der Waals surface area contributed by atoms with Crippen molar-refractivity contribution in [3.8, 4) is 0 Å². The number of nitrogens with zero attached hydrogens (tertiary/aromatic N) is 4. The van der Waals surface area contributed by atoms with E-state index in [1.54, 1.807) is 0 Å². The summed E-state index contributed by atoms with van der Waals surface area (Å²) < 4.78 is 0. The van der Waals surface area contributed by atoms with E-state index in [9.17, 15) is 0 Å². The Hall–Kier alpha value is -1.36. The van der Waals surface area contributed by atoms with Crippen LogP contribution in [-0.4, -0.2) is 53.6 Å². The average molecular weight is 291 g/mol. The van der Waals surface area contributed by atoms with Crippen LogP contribution in [0.1, 0.15) is 46.4 Å². The molecule has 5 heteroatoms. The average Bonchev–Trinajstić information content (AvgIpc) is 2.46. The second-order valence-electron chi connectivity index (χ2n) is 7.02. The van der Waals surface area contributed by atoms with Crippen LogP contribution in [0.2, 0.25) is 0 Å². The van der Waals surface area contributed by atoms with Gasteiger partial charge in [-0.3, -0.25) is 4.90 Å². The number of rotatable bonds is 3. The van der Waals surface area contributed by atoms with E-state index < -0.39 is 0 Å². The van der Waals surface area contributed by atoms with E-state index in [2.05, 4.69) is 60.8 Å². The lowest BCUT2D eigenvalue weighted by molar-refractivity contribution is 0.128. The predicted molar refractivity (Wildman–Crippen MR) is 89.2 cm³/mol. The smallest absolute Gasteiger partial charge is 0.135 e. The highest BCUT2D eigenvalue weighted by Gasteiger charge is 2.26. The van der Waals surface area contributed by atoms with Gasteiger partial charge in [-0.1, -0.05) is 13.8 Å². The van der Waals surface area contributed by atoms with Gasteiger partial charge in [0.2, 0.25) is 0 Å². The molecule has 1 aliphatic heterocycles. The standard InChI is InChI=1S/C16H29N5/c1-12(2)15-18-13(17-6)11-14(19-15)20-7-9-21(10-8-20)16(3,4)5/h11-12H,7-10H2,1-6H3,(H,17,18,19). The molecule has 1 fully saturated rings. The van der Waals surface area contributed by atoms with Crippen LogP contribution < -0.4 is 10.2 Å². The van der Waals surface area contributed by atoms with Crippen molar-refractivity contribution in [1.29, 1.82) is 0 Å². The van der Waals surface area contributed by atoms with E-state index in [1.807, 2.05) is 7.05 Å². The summed E-state index contributed by atoms with van der Waals surface area (Å²) in [6, 6.07) is 2.05. The van der Waals surface area contributed by atoms with Crippen molar-refractivity contribution in [2.24, 2.45) is 0 Å². The Balaban J connectivity index is 2.14. The van der Waals surface area contributed by atoms with Crippen molar-refractivity contribution in [3.05, 3.63) is 11.9 Å². The molecule has 1 N–H and O–H groups in total. The molecule has 5 nitrogen and oxygen atoms in total. The van der Waals surface area contributed by atoms with Crippen LogP contribution in [-0.2, 0) is 0 Å². The van der Waals surface area contributed by atoms with Crippen LogP contribution in [0.25, 0.3) is 0 Å². The van der Waals surface area contributed by atoms with Crippen molar-refractivity contribution < 1.29 is 0 Å². The molecule has 0 amide bonds. The largest absolute Gasteiger partial charge is 0.373 e. The van der Waals surface area contributed by atoms with Crippen LogP contribution in [0.5, 0.6) is 0 Å². The van der Waals surface area contributed by atoms with E-state index in [4.69, 9.17) is 4.98 Å². The molecule has 118 valence electrons. The summed E-state index contributed by atoms with van der Waals surface area (Å²) in [7, 11) is 1.91. The molecule has 0 bridgehead atoms. The van der Waals surface area contributed by atoms with Gasteiger partial charge in [0.1, 0.15) is 17.5 Å². The minimum Gasteiger partial charge on any atom is -0.373 e. The molecule has 1 aromatic heterocycles. The Morgan fingerprint density at radius 1 is 1.10 bits per heavy atom. The minimum absolute atomic E-state index is 0.247. The van der Waals surface area contributed by atoms with Crippen molar-refractivity contribution in [2.45, 2.75) is 46.1 Å². The van der Waals surface area contributed by atoms with Gasteiger partial charge in [0, 0.05) is 50.7 Å². The second-order valence-corrected chi connectivity index (χ2v) is 7.02. The summed E-state index contributed by atoms with van der Waals surface area (Å²) in [6.45, 7) is 15.3. The molecular weight excluding hydrogens is 262 g/mol. The molecule has 0 radical (unpaired) electrons. The highest BCUT2D eigenvalue weighted by Crippen LogP contribution is 2.23. The maximum atomic E-state index is 4.75. The Kier molecular flexibility index (Phi) is 4.71. The van der Waals surface area contributed by atoms with Gasteiger partial charge >= 0.3 is 0 Å². The maximum Gasteiger partial charge on any atom is 0.135 e. The van der Waals surface area contributed by atoms with Crippen molar-refractivity contribution in [2.75, 3.05) is 43.4 Å². The number of anilines is 2. The highest BCUT2D eigenvalue weighted by atomic mass is 15.3. The minimum atomic E-state index is 0.247. The first-order chi connectivity index (χ1) is 9.81. The number of hydrogen-bond acceptors (Lipinski definition) is 5. The molecule has 0 saturated carbocycles. The van der Waals surface area contributed by atoms with Gasteiger partial charge in [-0.2, -0.15) is 0 Å². The lowest BCUT2D eigenvalue weighted by Gasteiger charge is -2.42. The lowest BCUT2D eigenvalue weighted by atomic mass is 10.1. The first-order valence-electron chi connectivity index (χ1n) is 7.88. The van der Waals surface area contributed by atoms with Gasteiger partial charge in [-0.05, 0) is 20.8 Å². The Morgan fingerprint density at radius 3 is 2.19 bits per heavy atom. The molecule has 1 aliphatic rings. The third-order valence-electron chi connectivity index (χ3n) is 4.05. The molecule has 1 saturated heterocycles. The third kappa shape index (κ3) is 3.84. The first-order valence-corrected chi connectivity index (χ1v) is 7.88. The van der Waals surface area contributed by atoms with E-state index in [1.165, 1.54) is 0 Å². The van der Waals surface area contributed by atoms with Crippen LogP contribution >= 0.6 is 0 Å². The topological polar surface area (TPSA) is 44.3 Å². The summed E-state index contributed by atoms with van der Waals surface area (Å²) in [5, 5.41) is 3.15. The van der Waals surface area contributed by atoms with Crippen molar-refractivity contribution in [3.63, 3.8) is 0 Å². The van der Waals surface area contributed by atoms with Gasteiger partial charge in [0.05, 0.1) is 0 Å². The first kappa shape index (κ1) is 16.0. The molecule has 0 aliphatic carbocycles. The van der Waals surface area contributed by atoms with Crippen molar-refractivity contribution in [1.82, 2.24) is 14.9 Å². The van der Waals surface area contributed by atoms with Crippen molar-refractivity contribution >= 4 is 11.6 Å². The fourth-order valence-electron chi connectivity index (χ4n) is 2.61. The molecule has 0 spiro atoms. The number of piperazine rings is 1. The Morgan fingerprint density at radius 2 is 1.71 bits per heavy atom. The second kappa shape index (κ2) is 6.18.